The van der Waals surface area contributed by atoms with Gasteiger partial charge in [0.25, 0.3) is 5.91 Å². The number of para-hydroxylation sites is 1. The molecule has 1 aliphatic rings. The predicted octanol–water partition coefficient (Wildman–Crippen LogP) is 7.38. The molecule has 0 saturated heterocycles. The fraction of sp³-hybridized carbons (Fsp3) is 0.333. The summed E-state index contributed by atoms with van der Waals surface area (Å²) in [5.74, 6) is 2.19. The summed E-state index contributed by atoms with van der Waals surface area (Å²) in [4.78, 5) is 20.3. The minimum atomic E-state index is -0.293. The molecule has 4 aromatic rings. The highest BCUT2D eigenvalue weighted by atomic mass is 19.1. The van der Waals surface area contributed by atoms with Crippen LogP contribution in [0.2, 0.25) is 0 Å². The number of ether oxygens (including phenoxy) is 1. The lowest BCUT2D eigenvalue weighted by Crippen LogP contribution is -2.35. The number of aromatic nitrogens is 2. The van der Waals surface area contributed by atoms with Crippen LogP contribution in [0.1, 0.15) is 61.8 Å². The largest absolute Gasteiger partial charge is 0.457 e. The smallest absolute Gasteiger partial charge is 0.254 e. The molecule has 3 aromatic carbocycles. The van der Waals surface area contributed by atoms with Gasteiger partial charge in [0.1, 0.15) is 23.1 Å². The van der Waals surface area contributed by atoms with Gasteiger partial charge in [-0.15, -0.1) is 0 Å². The third-order valence-electron chi connectivity index (χ3n) is 6.70. The van der Waals surface area contributed by atoms with Crippen LogP contribution in [-0.2, 0) is 6.54 Å². The maximum atomic E-state index is 14.0. The van der Waals surface area contributed by atoms with Gasteiger partial charge in [-0.3, -0.25) is 4.79 Å². The molecule has 6 heteroatoms. The molecule has 186 valence electrons. The Balaban J connectivity index is 1.42. The first-order valence-corrected chi connectivity index (χ1v) is 12.8. The molecular formula is C30H32FN3O2. The number of carbonyl (C=O) groups excluding carboxylic acids is 1. The lowest BCUT2D eigenvalue weighted by Gasteiger charge is -2.26. The van der Waals surface area contributed by atoms with E-state index in [4.69, 9.17) is 9.72 Å². The molecule has 36 heavy (non-hydrogen) atoms. The van der Waals surface area contributed by atoms with Crippen LogP contribution in [0, 0.1) is 11.7 Å². The Bertz CT molecular complexity index is 1330. The number of hydrogen-bond acceptors (Lipinski definition) is 3. The predicted molar refractivity (Wildman–Crippen MR) is 140 cm³/mol. The van der Waals surface area contributed by atoms with E-state index in [1.165, 1.54) is 25.0 Å². The van der Waals surface area contributed by atoms with E-state index in [2.05, 4.69) is 18.4 Å². The quantitative estimate of drug-likeness (QED) is 0.262. The summed E-state index contributed by atoms with van der Waals surface area (Å²) in [5.41, 5.74) is 2.19. The van der Waals surface area contributed by atoms with Crippen LogP contribution in [-0.4, -0.2) is 26.9 Å². The van der Waals surface area contributed by atoms with Gasteiger partial charge in [-0.2, -0.15) is 0 Å². The summed E-state index contributed by atoms with van der Waals surface area (Å²) < 4.78 is 22.1. The van der Waals surface area contributed by atoms with Crippen molar-refractivity contribution in [3.05, 3.63) is 90.0 Å². The van der Waals surface area contributed by atoms with Crippen molar-refractivity contribution in [2.75, 3.05) is 6.54 Å². The zero-order chi connectivity index (χ0) is 25.1. The van der Waals surface area contributed by atoms with E-state index in [1.54, 1.807) is 0 Å². The molecule has 1 fully saturated rings. The summed E-state index contributed by atoms with van der Waals surface area (Å²) in [6.07, 6.45) is 4.52. The average molecular weight is 486 g/mol. The fourth-order valence-electron chi connectivity index (χ4n) is 5.11. The van der Waals surface area contributed by atoms with E-state index in [0.29, 0.717) is 36.0 Å². The number of hydrogen-bond donors (Lipinski definition) is 0. The van der Waals surface area contributed by atoms with E-state index < -0.39 is 0 Å². The van der Waals surface area contributed by atoms with Crippen LogP contribution in [0.25, 0.3) is 11.0 Å². The Morgan fingerprint density at radius 3 is 2.42 bits per heavy atom. The second-order valence-corrected chi connectivity index (χ2v) is 9.99. The number of carbonyl (C=O) groups is 1. The third-order valence-corrected chi connectivity index (χ3v) is 6.70. The first-order chi connectivity index (χ1) is 17.5. The van der Waals surface area contributed by atoms with Crippen LogP contribution in [0.15, 0.2) is 72.8 Å². The van der Waals surface area contributed by atoms with Crippen molar-refractivity contribution in [1.29, 1.82) is 0 Å². The topological polar surface area (TPSA) is 47.4 Å². The van der Waals surface area contributed by atoms with Gasteiger partial charge in [0.15, 0.2) is 0 Å². The molecule has 0 radical (unpaired) electrons. The van der Waals surface area contributed by atoms with Crippen molar-refractivity contribution in [3.63, 3.8) is 0 Å². The van der Waals surface area contributed by atoms with Gasteiger partial charge in [0.2, 0.25) is 0 Å². The van der Waals surface area contributed by atoms with Crippen LogP contribution in [0.4, 0.5) is 4.39 Å². The van der Waals surface area contributed by atoms with Crippen molar-refractivity contribution in [2.24, 2.45) is 5.92 Å². The SMILES string of the molecule is CC(C)CN(Cc1nc2cc(F)ccc2n1C1CCCC1)C(=O)c1ccc(Oc2ccccc2)cc1. The van der Waals surface area contributed by atoms with E-state index in [0.717, 1.165) is 29.9 Å². The lowest BCUT2D eigenvalue weighted by molar-refractivity contribution is 0.0715. The standard InChI is InChI=1S/C30H32FN3O2/c1-21(2)19-33(30(35)22-12-15-26(16-13-22)36-25-10-4-3-5-11-25)20-29-32-27-18-23(31)14-17-28(27)34(29)24-8-6-7-9-24/h3-5,10-18,21,24H,6-9,19-20H2,1-2H3. The average Bonchev–Trinajstić information content (AvgIpc) is 3.51. The van der Waals surface area contributed by atoms with Crippen LogP contribution in [0.3, 0.4) is 0 Å². The summed E-state index contributed by atoms with van der Waals surface area (Å²) in [6.45, 7) is 5.19. The highest BCUT2D eigenvalue weighted by Gasteiger charge is 2.26. The maximum absolute atomic E-state index is 14.0. The molecule has 0 bridgehead atoms. The van der Waals surface area contributed by atoms with Crippen molar-refractivity contribution in [2.45, 2.75) is 52.1 Å². The third kappa shape index (κ3) is 5.27. The Morgan fingerprint density at radius 1 is 1.03 bits per heavy atom. The zero-order valence-electron chi connectivity index (χ0n) is 20.9. The van der Waals surface area contributed by atoms with Gasteiger partial charge in [-0.25, -0.2) is 9.37 Å². The Kier molecular flexibility index (Phi) is 7.03. The Labute approximate surface area is 211 Å². The number of halogens is 1. The minimum absolute atomic E-state index is 0.0498. The van der Waals surface area contributed by atoms with Gasteiger partial charge in [-0.1, -0.05) is 44.9 Å². The zero-order valence-corrected chi connectivity index (χ0v) is 20.9. The molecule has 5 nitrogen and oxygen atoms in total. The Hall–Kier alpha value is -3.67. The van der Waals surface area contributed by atoms with E-state index in [-0.39, 0.29) is 17.6 Å². The first-order valence-electron chi connectivity index (χ1n) is 12.8. The summed E-state index contributed by atoms with van der Waals surface area (Å²) in [6, 6.07) is 22.0. The molecule has 1 aliphatic carbocycles. The van der Waals surface area contributed by atoms with E-state index >= 15 is 0 Å². The lowest BCUT2D eigenvalue weighted by atomic mass is 10.1. The van der Waals surface area contributed by atoms with Gasteiger partial charge in [0, 0.05) is 24.2 Å². The van der Waals surface area contributed by atoms with Crippen molar-refractivity contribution in [1.82, 2.24) is 14.5 Å². The van der Waals surface area contributed by atoms with Crippen molar-refractivity contribution < 1.29 is 13.9 Å². The minimum Gasteiger partial charge on any atom is -0.457 e. The molecule has 5 rings (SSSR count). The van der Waals surface area contributed by atoms with Gasteiger partial charge >= 0.3 is 0 Å². The molecule has 0 N–H and O–H groups in total. The molecule has 1 amide bonds. The number of amides is 1. The monoisotopic (exact) mass is 485 g/mol. The molecular weight excluding hydrogens is 453 g/mol. The molecule has 0 atom stereocenters. The second kappa shape index (κ2) is 10.5. The Morgan fingerprint density at radius 2 is 1.72 bits per heavy atom. The van der Waals surface area contributed by atoms with E-state index in [9.17, 15) is 9.18 Å². The summed E-state index contributed by atoms with van der Waals surface area (Å²) >= 11 is 0. The number of benzene rings is 3. The number of nitrogens with zero attached hydrogens (tertiary/aromatic N) is 3. The van der Waals surface area contributed by atoms with Gasteiger partial charge in [0.05, 0.1) is 17.6 Å². The van der Waals surface area contributed by atoms with Crippen LogP contribution in [0.5, 0.6) is 11.5 Å². The highest BCUT2D eigenvalue weighted by Crippen LogP contribution is 2.34. The number of rotatable bonds is 8. The van der Waals surface area contributed by atoms with Gasteiger partial charge < -0.3 is 14.2 Å². The van der Waals surface area contributed by atoms with Crippen LogP contribution < -0.4 is 4.74 Å². The first kappa shape index (κ1) is 24.0. The number of fused-ring (bicyclic) bond motifs is 1. The fourth-order valence-corrected chi connectivity index (χ4v) is 5.11. The normalized spacial score (nSPS) is 14.0. The molecule has 0 unspecified atom stereocenters. The van der Waals surface area contributed by atoms with Crippen LogP contribution >= 0.6 is 0 Å². The molecule has 1 heterocycles. The van der Waals surface area contributed by atoms with Gasteiger partial charge in [-0.05, 0) is 67.3 Å². The maximum Gasteiger partial charge on any atom is 0.254 e. The number of imidazole rings is 1. The van der Waals surface area contributed by atoms with Crippen molar-refractivity contribution >= 4 is 16.9 Å². The summed E-state index contributed by atoms with van der Waals surface area (Å²) in [7, 11) is 0. The molecule has 1 saturated carbocycles. The molecule has 0 spiro atoms. The second-order valence-electron chi connectivity index (χ2n) is 9.99. The summed E-state index contributed by atoms with van der Waals surface area (Å²) in [5, 5.41) is 0. The highest BCUT2D eigenvalue weighted by molar-refractivity contribution is 5.94. The molecule has 0 aliphatic heterocycles. The molecule has 1 aromatic heterocycles. The van der Waals surface area contributed by atoms with E-state index in [1.807, 2.05) is 65.6 Å². The van der Waals surface area contributed by atoms with Crippen molar-refractivity contribution in [3.8, 4) is 11.5 Å².